The van der Waals surface area contributed by atoms with Crippen LogP contribution in [0.3, 0.4) is 0 Å². The molecule has 4 rings (SSSR count). The number of nitrogens with zero attached hydrogens (tertiary/aromatic N) is 2. The number of fused-ring (bicyclic) bond motifs is 1. The second-order valence-electron chi connectivity index (χ2n) is 6.48. The van der Waals surface area contributed by atoms with Crippen molar-refractivity contribution in [1.82, 2.24) is 19.6 Å². The highest BCUT2D eigenvalue weighted by Gasteiger charge is 2.41. The predicted molar refractivity (Wildman–Crippen MR) is 97.2 cm³/mol. The van der Waals surface area contributed by atoms with E-state index in [2.05, 4.69) is 15.3 Å². The van der Waals surface area contributed by atoms with Gasteiger partial charge in [0.15, 0.2) is 0 Å². The lowest BCUT2D eigenvalue weighted by molar-refractivity contribution is -0.137. The van der Waals surface area contributed by atoms with E-state index in [1.54, 1.807) is 12.1 Å². The quantitative estimate of drug-likeness (QED) is 0.675. The zero-order chi connectivity index (χ0) is 20.8. The number of aromatic nitrogens is 2. The summed E-state index contributed by atoms with van der Waals surface area (Å²) in [4.78, 5) is 19.3. The molecule has 1 saturated heterocycles. The van der Waals surface area contributed by atoms with Crippen molar-refractivity contribution in [3.8, 4) is 0 Å². The molecule has 7 nitrogen and oxygen atoms in total. The van der Waals surface area contributed by atoms with Crippen molar-refractivity contribution in [2.75, 3.05) is 13.1 Å². The summed E-state index contributed by atoms with van der Waals surface area (Å²) < 4.78 is 66.2. The second-order valence-corrected chi connectivity index (χ2v) is 8.34. The summed E-state index contributed by atoms with van der Waals surface area (Å²) in [5, 5.41) is 2.94. The molecule has 29 heavy (non-hydrogen) atoms. The van der Waals surface area contributed by atoms with E-state index in [0.29, 0.717) is 11.0 Å². The molecule has 3 heterocycles. The van der Waals surface area contributed by atoms with Crippen molar-refractivity contribution >= 4 is 27.0 Å². The molecule has 0 aliphatic carbocycles. The van der Waals surface area contributed by atoms with Gasteiger partial charge in [-0.25, -0.2) is 13.4 Å². The fourth-order valence-corrected chi connectivity index (χ4v) is 5.08. The number of carbonyl (C=O) groups excluding carboxylic acids is 1. The van der Waals surface area contributed by atoms with Crippen LogP contribution >= 0.6 is 0 Å². The summed E-state index contributed by atoms with van der Waals surface area (Å²) in [7, 11) is -4.14. The molecule has 152 valence electrons. The van der Waals surface area contributed by atoms with Crippen LogP contribution in [0, 0.1) is 0 Å². The minimum Gasteiger partial charge on any atom is -0.353 e. The monoisotopic (exact) mass is 424 g/mol. The maximum atomic E-state index is 13.3. The third-order valence-electron chi connectivity index (χ3n) is 4.72. The maximum absolute atomic E-state index is 13.3. The molecule has 1 atom stereocenters. The summed E-state index contributed by atoms with van der Waals surface area (Å²) in [6.45, 7) is 0.0719. The summed E-state index contributed by atoms with van der Waals surface area (Å²) >= 11 is 0. The van der Waals surface area contributed by atoms with Crippen LogP contribution in [0.4, 0.5) is 13.2 Å². The topological polar surface area (TPSA) is 95.2 Å². The second kappa shape index (κ2) is 6.85. The molecule has 1 aliphatic heterocycles. The van der Waals surface area contributed by atoms with Crippen LogP contribution in [0.2, 0.25) is 0 Å². The molecular weight excluding hydrogens is 409 g/mol. The Morgan fingerprint density at radius 2 is 1.86 bits per heavy atom. The number of piperazine rings is 1. The lowest BCUT2D eigenvalue weighted by atomic mass is 10.0. The zero-order valence-corrected chi connectivity index (χ0v) is 15.6. The summed E-state index contributed by atoms with van der Waals surface area (Å²) in [5.41, 5.74) is -0.357. The standard InChI is InChI=1S/C18H15F3N4O3S/c19-18(20,21)12-5-3-11(4-6-12)15-17(26)23-8-9-25(15)29(27,28)14-10-24-16-13(14)2-1-7-22-16/h1-7,10,15H,8-9H2,(H,22,24)(H,23,26). The Bertz CT molecular complexity index is 1170. The number of hydrogen-bond donors (Lipinski definition) is 2. The maximum Gasteiger partial charge on any atom is 0.416 e. The molecule has 11 heteroatoms. The SMILES string of the molecule is O=C1NCCN(S(=O)(=O)c2c[nH]c3ncccc23)C1c1ccc(C(F)(F)F)cc1. The molecule has 1 aromatic carbocycles. The Kier molecular flexibility index (Phi) is 4.58. The molecule has 0 bridgehead atoms. The van der Waals surface area contributed by atoms with Crippen LogP contribution in [0.15, 0.2) is 53.7 Å². The van der Waals surface area contributed by atoms with Crippen molar-refractivity contribution in [2.45, 2.75) is 17.1 Å². The van der Waals surface area contributed by atoms with Crippen molar-refractivity contribution in [3.05, 3.63) is 59.9 Å². The van der Waals surface area contributed by atoms with Crippen molar-refractivity contribution in [1.29, 1.82) is 0 Å². The first kappa shape index (κ1) is 19.4. The Hall–Kier alpha value is -2.92. The molecule has 1 unspecified atom stereocenters. The minimum absolute atomic E-state index is 0.0211. The van der Waals surface area contributed by atoms with Crippen molar-refractivity contribution in [2.24, 2.45) is 0 Å². The number of carbonyl (C=O) groups is 1. The normalized spacial score (nSPS) is 18.7. The third kappa shape index (κ3) is 3.36. The Balaban J connectivity index is 1.77. The molecule has 1 amide bonds. The number of pyridine rings is 1. The Morgan fingerprint density at radius 1 is 1.14 bits per heavy atom. The first-order valence-corrected chi connectivity index (χ1v) is 10.0. The van der Waals surface area contributed by atoms with Crippen LogP contribution in [0.1, 0.15) is 17.2 Å². The van der Waals surface area contributed by atoms with Crippen molar-refractivity contribution < 1.29 is 26.4 Å². The summed E-state index contributed by atoms with van der Waals surface area (Å²) in [5.74, 6) is -0.599. The number of alkyl halides is 3. The molecule has 1 aliphatic rings. The van der Waals surface area contributed by atoms with Gasteiger partial charge < -0.3 is 10.3 Å². The number of halogens is 3. The van der Waals surface area contributed by atoms with Gasteiger partial charge in [0.05, 0.1) is 5.56 Å². The van der Waals surface area contributed by atoms with E-state index < -0.39 is 33.7 Å². The zero-order valence-electron chi connectivity index (χ0n) is 14.8. The number of sulfonamides is 1. The van der Waals surface area contributed by atoms with Crippen LogP contribution < -0.4 is 5.32 Å². The van der Waals surface area contributed by atoms with Crippen LogP contribution in [0.25, 0.3) is 11.0 Å². The minimum atomic E-state index is -4.53. The molecule has 3 aromatic rings. The molecular formula is C18H15F3N4O3S. The van der Waals surface area contributed by atoms with Crippen molar-refractivity contribution in [3.63, 3.8) is 0 Å². The molecule has 0 saturated carbocycles. The van der Waals surface area contributed by atoms with Crippen LogP contribution in [0.5, 0.6) is 0 Å². The van der Waals surface area contributed by atoms with Gasteiger partial charge in [-0.1, -0.05) is 12.1 Å². The van der Waals surface area contributed by atoms with Gasteiger partial charge in [0.1, 0.15) is 16.6 Å². The fourth-order valence-electron chi connectivity index (χ4n) is 3.35. The highest BCUT2D eigenvalue weighted by Crippen LogP contribution is 2.34. The first-order valence-electron chi connectivity index (χ1n) is 8.58. The number of aromatic amines is 1. The molecule has 2 N–H and O–H groups in total. The van der Waals surface area contributed by atoms with Gasteiger partial charge in [-0.3, -0.25) is 4.79 Å². The van der Waals surface area contributed by atoms with E-state index in [1.165, 1.54) is 12.4 Å². The van der Waals surface area contributed by atoms with Gasteiger partial charge in [0, 0.05) is 30.9 Å². The number of amides is 1. The summed E-state index contributed by atoms with van der Waals surface area (Å²) in [6, 6.07) is 5.80. The Morgan fingerprint density at radius 3 is 2.55 bits per heavy atom. The van der Waals surface area contributed by atoms with E-state index in [0.717, 1.165) is 28.6 Å². The number of hydrogen-bond acceptors (Lipinski definition) is 4. The van der Waals surface area contributed by atoms with E-state index >= 15 is 0 Å². The fraction of sp³-hybridized carbons (Fsp3) is 0.222. The lowest BCUT2D eigenvalue weighted by Crippen LogP contribution is -2.52. The average Bonchev–Trinajstić information content (AvgIpc) is 3.12. The highest BCUT2D eigenvalue weighted by atomic mass is 32.2. The predicted octanol–water partition coefficient (Wildman–Crippen LogP) is 2.44. The first-order chi connectivity index (χ1) is 13.7. The van der Waals surface area contributed by atoms with E-state index in [9.17, 15) is 26.4 Å². The third-order valence-corrected chi connectivity index (χ3v) is 6.63. The molecule has 0 radical (unpaired) electrons. The molecule has 0 spiro atoms. The van der Waals surface area contributed by atoms with Gasteiger partial charge in [-0.15, -0.1) is 0 Å². The molecule has 2 aromatic heterocycles. The number of rotatable bonds is 3. The smallest absolute Gasteiger partial charge is 0.353 e. The molecule has 1 fully saturated rings. The highest BCUT2D eigenvalue weighted by molar-refractivity contribution is 7.89. The van der Waals surface area contributed by atoms with Crippen LogP contribution in [-0.2, 0) is 21.0 Å². The largest absolute Gasteiger partial charge is 0.416 e. The van der Waals surface area contributed by atoms with Gasteiger partial charge in [0.25, 0.3) is 0 Å². The van der Waals surface area contributed by atoms with Gasteiger partial charge in [0.2, 0.25) is 15.9 Å². The van der Waals surface area contributed by atoms with E-state index in [1.807, 2.05) is 0 Å². The van der Waals surface area contributed by atoms with Gasteiger partial charge >= 0.3 is 6.18 Å². The number of H-pyrrole nitrogens is 1. The van der Waals surface area contributed by atoms with E-state index in [4.69, 9.17) is 0 Å². The lowest BCUT2D eigenvalue weighted by Gasteiger charge is -2.34. The van der Waals surface area contributed by atoms with E-state index in [-0.39, 0.29) is 23.5 Å². The van der Waals surface area contributed by atoms with Crippen LogP contribution in [-0.4, -0.2) is 41.7 Å². The number of nitrogens with one attached hydrogen (secondary N) is 2. The Labute approximate surface area is 163 Å². The number of benzene rings is 1. The average molecular weight is 424 g/mol. The summed E-state index contributed by atoms with van der Waals surface area (Å²) in [6.07, 6.45) is -1.73. The van der Waals surface area contributed by atoms with Gasteiger partial charge in [-0.05, 0) is 29.8 Å². The van der Waals surface area contributed by atoms with Gasteiger partial charge in [-0.2, -0.15) is 17.5 Å².